The minimum Gasteiger partial charge on any atom is -0.394 e. The number of aliphatic hydroxyl groups is 1. The molecule has 2 atom stereocenters. The first-order valence-corrected chi connectivity index (χ1v) is 6.71. The van der Waals surface area contributed by atoms with E-state index >= 15 is 0 Å². The van der Waals surface area contributed by atoms with Gasteiger partial charge in [0.2, 0.25) is 0 Å². The van der Waals surface area contributed by atoms with Crippen molar-refractivity contribution in [1.29, 1.82) is 0 Å². The molecule has 1 N–H and O–H groups in total. The van der Waals surface area contributed by atoms with E-state index in [0.29, 0.717) is 0 Å². The first kappa shape index (κ1) is 13.9. The Labute approximate surface area is 95.6 Å². The lowest BCUT2D eigenvalue weighted by atomic mass is 10.2. The van der Waals surface area contributed by atoms with Crippen molar-refractivity contribution in [2.75, 3.05) is 19.0 Å². The average molecular weight is 254 g/mol. The predicted octanol–water partition coefficient (Wildman–Crippen LogP) is -0.135. The van der Waals surface area contributed by atoms with E-state index in [0.717, 1.165) is 0 Å². The van der Waals surface area contributed by atoms with Crippen molar-refractivity contribution >= 4 is 10.1 Å². The van der Waals surface area contributed by atoms with E-state index in [1.165, 1.54) is 0 Å². The third-order valence-electron chi connectivity index (χ3n) is 2.13. The second kappa shape index (κ2) is 4.97. The molecular formula is C9H18O6S. The molecule has 1 fully saturated rings. The van der Waals surface area contributed by atoms with Gasteiger partial charge in [0.1, 0.15) is 18.0 Å². The van der Waals surface area contributed by atoms with Crippen LogP contribution in [0.2, 0.25) is 0 Å². The van der Waals surface area contributed by atoms with Gasteiger partial charge in [-0.3, -0.25) is 4.18 Å². The lowest BCUT2D eigenvalue weighted by Gasteiger charge is -2.16. The molecule has 0 amide bonds. The molecule has 1 aliphatic rings. The topological polar surface area (TPSA) is 82.1 Å². The van der Waals surface area contributed by atoms with Gasteiger partial charge in [0, 0.05) is 0 Å². The summed E-state index contributed by atoms with van der Waals surface area (Å²) in [5, 5.41) is 9.05. The van der Waals surface area contributed by atoms with Crippen LogP contribution in [0.3, 0.4) is 0 Å². The predicted molar refractivity (Wildman–Crippen MR) is 56.3 cm³/mol. The molecule has 1 aliphatic heterocycles. The highest BCUT2D eigenvalue weighted by molar-refractivity contribution is 7.86. The summed E-state index contributed by atoms with van der Waals surface area (Å²) in [5.41, 5.74) is 0. The summed E-state index contributed by atoms with van der Waals surface area (Å²) >= 11 is 0. The van der Waals surface area contributed by atoms with Gasteiger partial charge in [-0.15, -0.1) is 0 Å². The van der Waals surface area contributed by atoms with E-state index < -0.39 is 28.1 Å². The maximum Gasteiger partial charge on any atom is 0.269 e. The van der Waals surface area contributed by atoms with Gasteiger partial charge in [-0.25, -0.2) is 0 Å². The molecule has 0 aliphatic carbocycles. The van der Waals surface area contributed by atoms with E-state index in [9.17, 15) is 8.42 Å². The normalized spacial score (nSPS) is 29.5. The van der Waals surface area contributed by atoms with Crippen molar-refractivity contribution in [2.45, 2.75) is 38.8 Å². The zero-order chi connectivity index (χ0) is 12.4. The third kappa shape index (κ3) is 3.67. The van der Waals surface area contributed by atoms with Crippen LogP contribution in [0.25, 0.3) is 0 Å². The monoisotopic (exact) mass is 254 g/mol. The molecule has 0 aromatic rings. The van der Waals surface area contributed by atoms with Crippen LogP contribution >= 0.6 is 0 Å². The molecule has 0 spiro atoms. The van der Waals surface area contributed by atoms with Gasteiger partial charge in [-0.05, 0) is 20.8 Å². The fourth-order valence-electron chi connectivity index (χ4n) is 1.63. The molecule has 0 bridgehead atoms. The highest BCUT2D eigenvalue weighted by Crippen LogP contribution is 2.28. The molecule has 0 aromatic carbocycles. The Kier molecular flexibility index (Phi) is 4.30. The summed E-state index contributed by atoms with van der Waals surface area (Å²) in [6.45, 7) is 4.74. The molecular weight excluding hydrogens is 236 g/mol. The third-order valence-corrected chi connectivity index (χ3v) is 3.46. The molecule has 1 rings (SSSR count). The Morgan fingerprint density at radius 2 is 1.88 bits per heavy atom. The van der Waals surface area contributed by atoms with Gasteiger partial charge in [0.05, 0.1) is 13.2 Å². The molecule has 0 aromatic heterocycles. The standard InChI is InChI=1S/C9H18O6S/c1-4-13-16(11,12)6-8-7(5-10)14-9(2,3)15-8/h7-8,10H,4-6H2,1-3H3/t7-,8+/m0/s1. The lowest BCUT2D eigenvalue weighted by Crippen LogP contribution is -2.33. The Balaban J connectivity index is 2.67. The Morgan fingerprint density at radius 1 is 1.31 bits per heavy atom. The summed E-state index contributed by atoms with van der Waals surface area (Å²) < 4.78 is 38.2. The molecule has 1 heterocycles. The van der Waals surface area contributed by atoms with Crippen LogP contribution in [0.4, 0.5) is 0 Å². The van der Waals surface area contributed by atoms with Crippen molar-refractivity contribution in [3.8, 4) is 0 Å². The maximum atomic E-state index is 11.4. The lowest BCUT2D eigenvalue weighted by molar-refractivity contribution is -0.147. The zero-order valence-electron chi connectivity index (χ0n) is 9.67. The van der Waals surface area contributed by atoms with Crippen LogP contribution in [0.15, 0.2) is 0 Å². The van der Waals surface area contributed by atoms with Gasteiger partial charge < -0.3 is 14.6 Å². The van der Waals surface area contributed by atoms with Crippen molar-refractivity contribution in [2.24, 2.45) is 0 Å². The second-order valence-electron chi connectivity index (χ2n) is 4.03. The minimum atomic E-state index is -3.62. The average Bonchev–Trinajstić information content (AvgIpc) is 2.39. The molecule has 1 saturated heterocycles. The van der Waals surface area contributed by atoms with Gasteiger partial charge in [-0.1, -0.05) is 0 Å². The Bertz CT molecular complexity index is 323. The van der Waals surface area contributed by atoms with Crippen LogP contribution in [-0.4, -0.2) is 50.5 Å². The van der Waals surface area contributed by atoms with Crippen LogP contribution in [0, 0.1) is 0 Å². The smallest absolute Gasteiger partial charge is 0.269 e. The fourth-order valence-corrected chi connectivity index (χ4v) is 2.77. The number of hydrogen-bond donors (Lipinski definition) is 1. The van der Waals surface area contributed by atoms with Crippen LogP contribution in [-0.2, 0) is 23.8 Å². The van der Waals surface area contributed by atoms with E-state index in [-0.39, 0.29) is 19.0 Å². The van der Waals surface area contributed by atoms with Crippen LogP contribution < -0.4 is 0 Å². The van der Waals surface area contributed by atoms with Crippen LogP contribution in [0.5, 0.6) is 0 Å². The number of hydrogen-bond acceptors (Lipinski definition) is 6. The summed E-state index contributed by atoms with van der Waals surface area (Å²) in [6, 6.07) is 0. The molecule has 0 radical (unpaired) electrons. The Morgan fingerprint density at radius 3 is 2.38 bits per heavy atom. The largest absolute Gasteiger partial charge is 0.394 e. The van der Waals surface area contributed by atoms with E-state index in [2.05, 4.69) is 4.18 Å². The van der Waals surface area contributed by atoms with E-state index in [4.69, 9.17) is 14.6 Å². The van der Waals surface area contributed by atoms with Crippen molar-refractivity contribution < 1.29 is 27.2 Å². The molecule has 7 heteroatoms. The summed E-state index contributed by atoms with van der Waals surface area (Å²) in [7, 11) is -3.62. The molecule has 6 nitrogen and oxygen atoms in total. The Hall–Kier alpha value is -0.210. The summed E-state index contributed by atoms with van der Waals surface area (Å²) in [5.74, 6) is -1.19. The van der Waals surface area contributed by atoms with Crippen LogP contribution in [0.1, 0.15) is 20.8 Å². The highest BCUT2D eigenvalue weighted by Gasteiger charge is 2.43. The minimum absolute atomic E-state index is 0.0864. The number of ether oxygens (including phenoxy) is 2. The fraction of sp³-hybridized carbons (Fsp3) is 1.00. The molecule has 0 unspecified atom stereocenters. The maximum absolute atomic E-state index is 11.4. The van der Waals surface area contributed by atoms with Gasteiger partial charge in [-0.2, -0.15) is 8.42 Å². The van der Waals surface area contributed by atoms with E-state index in [1.807, 2.05) is 0 Å². The van der Waals surface area contributed by atoms with Crippen molar-refractivity contribution in [3.63, 3.8) is 0 Å². The molecule has 96 valence electrons. The quantitative estimate of drug-likeness (QED) is 0.688. The van der Waals surface area contributed by atoms with Crippen molar-refractivity contribution in [1.82, 2.24) is 0 Å². The molecule has 16 heavy (non-hydrogen) atoms. The highest BCUT2D eigenvalue weighted by atomic mass is 32.2. The first-order chi connectivity index (χ1) is 7.29. The number of rotatable bonds is 5. The summed E-state index contributed by atoms with van der Waals surface area (Å²) in [4.78, 5) is 0. The van der Waals surface area contributed by atoms with Gasteiger partial charge >= 0.3 is 0 Å². The SMILES string of the molecule is CCOS(=O)(=O)C[C@H]1OC(C)(C)O[C@H]1CO. The first-order valence-electron chi connectivity index (χ1n) is 5.13. The van der Waals surface area contributed by atoms with Gasteiger partial charge in [0.15, 0.2) is 5.79 Å². The molecule has 0 saturated carbocycles. The second-order valence-corrected chi connectivity index (χ2v) is 5.71. The summed E-state index contributed by atoms with van der Waals surface area (Å²) in [6.07, 6.45) is -1.33. The van der Waals surface area contributed by atoms with E-state index in [1.54, 1.807) is 20.8 Å². The zero-order valence-corrected chi connectivity index (χ0v) is 10.5. The number of aliphatic hydroxyl groups excluding tert-OH is 1. The van der Waals surface area contributed by atoms with Crippen molar-refractivity contribution in [3.05, 3.63) is 0 Å². The van der Waals surface area contributed by atoms with Gasteiger partial charge in [0.25, 0.3) is 10.1 Å².